The van der Waals surface area contributed by atoms with Crippen molar-refractivity contribution in [2.75, 3.05) is 5.32 Å². The number of para-hydroxylation sites is 1. The number of rotatable bonds is 3. The monoisotopic (exact) mass is 265 g/mol. The Morgan fingerprint density at radius 3 is 2.47 bits per heavy atom. The molecule has 2 aromatic carbocycles. The van der Waals surface area contributed by atoms with Crippen LogP contribution >= 0.6 is 23.2 Å². The fourth-order valence-electron chi connectivity index (χ4n) is 1.59. The van der Waals surface area contributed by atoms with Crippen molar-refractivity contribution in [3.63, 3.8) is 0 Å². The van der Waals surface area contributed by atoms with Crippen LogP contribution in [0.4, 0.5) is 5.69 Å². The Labute approximate surface area is 111 Å². The van der Waals surface area contributed by atoms with E-state index in [0.717, 1.165) is 26.9 Å². The first kappa shape index (κ1) is 12.3. The minimum Gasteiger partial charge on any atom is -0.380 e. The van der Waals surface area contributed by atoms with Crippen molar-refractivity contribution in [1.82, 2.24) is 0 Å². The highest BCUT2D eigenvalue weighted by Crippen LogP contribution is 2.23. The van der Waals surface area contributed by atoms with E-state index < -0.39 is 0 Å². The molecule has 0 bridgehead atoms. The summed E-state index contributed by atoms with van der Waals surface area (Å²) >= 11 is 12.2. The van der Waals surface area contributed by atoms with Gasteiger partial charge in [0.15, 0.2) is 0 Å². The average Bonchev–Trinajstić information content (AvgIpc) is 2.30. The molecular formula is C14H13Cl2N. The van der Waals surface area contributed by atoms with Gasteiger partial charge in [0.1, 0.15) is 0 Å². The highest BCUT2D eigenvalue weighted by atomic mass is 35.5. The number of nitrogens with one attached hydrogen (secondary N) is 1. The van der Waals surface area contributed by atoms with E-state index in [-0.39, 0.29) is 0 Å². The third-order valence-corrected chi connectivity index (χ3v) is 3.23. The van der Waals surface area contributed by atoms with Gasteiger partial charge in [0.25, 0.3) is 0 Å². The summed E-state index contributed by atoms with van der Waals surface area (Å²) in [7, 11) is 0. The molecule has 0 fully saturated rings. The maximum atomic E-state index is 6.16. The number of halogens is 2. The first-order valence-corrected chi connectivity index (χ1v) is 6.16. The molecule has 1 nitrogen and oxygen atoms in total. The number of anilines is 1. The molecule has 0 amide bonds. The van der Waals surface area contributed by atoms with E-state index >= 15 is 0 Å². The van der Waals surface area contributed by atoms with Gasteiger partial charge in [-0.3, -0.25) is 0 Å². The van der Waals surface area contributed by atoms with Crippen LogP contribution in [0.25, 0.3) is 0 Å². The molecule has 0 spiro atoms. The minimum absolute atomic E-state index is 0.669. The van der Waals surface area contributed by atoms with Gasteiger partial charge in [-0.15, -0.1) is 0 Å². The molecule has 0 saturated heterocycles. The Morgan fingerprint density at radius 2 is 1.76 bits per heavy atom. The minimum atomic E-state index is 0.669. The van der Waals surface area contributed by atoms with Crippen LogP contribution in [0.2, 0.25) is 10.0 Å². The third kappa shape index (κ3) is 3.15. The van der Waals surface area contributed by atoms with Crippen LogP contribution in [-0.4, -0.2) is 0 Å². The molecule has 0 heterocycles. The van der Waals surface area contributed by atoms with Crippen molar-refractivity contribution in [2.45, 2.75) is 13.5 Å². The quantitative estimate of drug-likeness (QED) is 0.831. The normalized spacial score (nSPS) is 10.3. The topological polar surface area (TPSA) is 12.0 Å². The van der Waals surface area contributed by atoms with Gasteiger partial charge in [-0.1, -0.05) is 47.5 Å². The predicted octanol–water partition coefficient (Wildman–Crippen LogP) is 4.91. The summed E-state index contributed by atoms with van der Waals surface area (Å²) in [5.74, 6) is 0. The van der Waals surface area contributed by atoms with Crippen molar-refractivity contribution < 1.29 is 0 Å². The van der Waals surface area contributed by atoms with Crippen molar-refractivity contribution in [3.05, 3.63) is 63.6 Å². The molecule has 0 saturated carbocycles. The van der Waals surface area contributed by atoms with Crippen LogP contribution in [0.15, 0.2) is 42.5 Å². The van der Waals surface area contributed by atoms with E-state index in [1.54, 1.807) is 0 Å². The van der Waals surface area contributed by atoms with Crippen molar-refractivity contribution >= 4 is 28.9 Å². The highest BCUT2D eigenvalue weighted by molar-refractivity contribution is 6.33. The number of aryl methyl sites for hydroxylation is 1. The molecular weight excluding hydrogens is 253 g/mol. The standard InChI is InChI=1S/C14H13Cl2N/c1-10-6-7-11(13(16)8-10)9-17-14-5-3-2-4-12(14)15/h2-8,17H,9H2,1H3. The molecule has 17 heavy (non-hydrogen) atoms. The van der Waals surface area contributed by atoms with Crippen LogP contribution in [0.5, 0.6) is 0 Å². The first-order chi connectivity index (χ1) is 8.16. The van der Waals surface area contributed by atoms with E-state index in [4.69, 9.17) is 23.2 Å². The average molecular weight is 266 g/mol. The Hall–Kier alpha value is -1.18. The molecule has 2 aromatic rings. The summed E-state index contributed by atoms with van der Waals surface area (Å²) < 4.78 is 0. The second kappa shape index (κ2) is 5.44. The lowest BCUT2D eigenvalue weighted by Crippen LogP contribution is -2.00. The summed E-state index contributed by atoms with van der Waals surface area (Å²) in [6, 6.07) is 13.7. The van der Waals surface area contributed by atoms with Gasteiger partial charge in [0.2, 0.25) is 0 Å². The molecule has 0 aliphatic carbocycles. The van der Waals surface area contributed by atoms with Crippen molar-refractivity contribution in [1.29, 1.82) is 0 Å². The number of hydrogen-bond acceptors (Lipinski definition) is 1. The third-order valence-electron chi connectivity index (χ3n) is 2.55. The van der Waals surface area contributed by atoms with Crippen LogP contribution in [0.1, 0.15) is 11.1 Å². The Balaban J connectivity index is 2.10. The van der Waals surface area contributed by atoms with Gasteiger partial charge in [0.05, 0.1) is 10.7 Å². The summed E-state index contributed by atoms with van der Waals surface area (Å²) in [5, 5.41) is 4.77. The van der Waals surface area contributed by atoms with Gasteiger partial charge in [-0.2, -0.15) is 0 Å². The zero-order valence-electron chi connectivity index (χ0n) is 9.50. The SMILES string of the molecule is Cc1ccc(CNc2ccccc2Cl)c(Cl)c1. The second-order valence-electron chi connectivity index (χ2n) is 3.93. The Morgan fingerprint density at radius 1 is 1.00 bits per heavy atom. The van der Waals surface area contributed by atoms with Crippen LogP contribution < -0.4 is 5.32 Å². The lowest BCUT2D eigenvalue weighted by Gasteiger charge is -2.09. The Kier molecular flexibility index (Phi) is 3.93. The fourth-order valence-corrected chi connectivity index (χ4v) is 2.10. The smallest absolute Gasteiger partial charge is 0.0637 e. The zero-order chi connectivity index (χ0) is 12.3. The van der Waals surface area contributed by atoms with Crippen LogP contribution in [0, 0.1) is 6.92 Å². The maximum Gasteiger partial charge on any atom is 0.0637 e. The maximum absolute atomic E-state index is 6.16. The molecule has 0 aromatic heterocycles. The molecule has 0 atom stereocenters. The van der Waals surface area contributed by atoms with Gasteiger partial charge in [-0.25, -0.2) is 0 Å². The highest BCUT2D eigenvalue weighted by Gasteiger charge is 2.02. The fraction of sp³-hybridized carbons (Fsp3) is 0.143. The second-order valence-corrected chi connectivity index (χ2v) is 4.74. The van der Waals surface area contributed by atoms with Gasteiger partial charge >= 0.3 is 0 Å². The molecule has 3 heteroatoms. The number of hydrogen-bond donors (Lipinski definition) is 1. The summed E-state index contributed by atoms with van der Waals surface area (Å²) in [4.78, 5) is 0. The predicted molar refractivity (Wildman–Crippen MR) is 75.0 cm³/mol. The molecule has 88 valence electrons. The number of benzene rings is 2. The molecule has 0 radical (unpaired) electrons. The van der Waals surface area contributed by atoms with Crippen LogP contribution in [-0.2, 0) is 6.54 Å². The molecule has 0 unspecified atom stereocenters. The molecule has 0 aliphatic rings. The summed E-state index contributed by atoms with van der Waals surface area (Å²) in [6.07, 6.45) is 0. The summed E-state index contributed by atoms with van der Waals surface area (Å²) in [6.45, 7) is 2.69. The van der Waals surface area contributed by atoms with Crippen molar-refractivity contribution in [2.24, 2.45) is 0 Å². The van der Waals surface area contributed by atoms with E-state index in [1.807, 2.05) is 43.3 Å². The lowest BCUT2D eigenvalue weighted by molar-refractivity contribution is 1.14. The lowest BCUT2D eigenvalue weighted by atomic mass is 10.1. The van der Waals surface area contributed by atoms with Gasteiger partial charge in [0, 0.05) is 11.6 Å². The molecule has 0 aliphatic heterocycles. The van der Waals surface area contributed by atoms with Gasteiger partial charge in [-0.05, 0) is 36.2 Å². The Bertz CT molecular complexity index is 523. The first-order valence-electron chi connectivity index (χ1n) is 5.40. The van der Waals surface area contributed by atoms with Crippen molar-refractivity contribution in [3.8, 4) is 0 Å². The molecule has 2 rings (SSSR count). The van der Waals surface area contributed by atoms with E-state index in [0.29, 0.717) is 6.54 Å². The van der Waals surface area contributed by atoms with Crippen LogP contribution in [0.3, 0.4) is 0 Å². The molecule has 1 N–H and O–H groups in total. The zero-order valence-corrected chi connectivity index (χ0v) is 11.0. The van der Waals surface area contributed by atoms with E-state index in [2.05, 4.69) is 11.4 Å². The largest absolute Gasteiger partial charge is 0.380 e. The van der Waals surface area contributed by atoms with E-state index in [1.165, 1.54) is 0 Å². The van der Waals surface area contributed by atoms with E-state index in [9.17, 15) is 0 Å². The summed E-state index contributed by atoms with van der Waals surface area (Å²) in [5.41, 5.74) is 3.15. The van der Waals surface area contributed by atoms with Gasteiger partial charge < -0.3 is 5.32 Å².